The molecule has 0 aromatic heterocycles. The SMILES string of the molecule is CC(C)(C)OC(=O)N1CCCC(CCCS(=O)(=O)F)C1. The molecule has 1 atom stereocenters. The average Bonchev–Trinajstić information content (AvgIpc) is 2.25. The molecule has 0 saturated carbocycles. The molecule has 1 amide bonds. The molecule has 0 N–H and O–H groups in total. The van der Waals surface area contributed by atoms with Crippen LogP contribution in [-0.4, -0.2) is 43.9 Å². The first-order valence-corrected chi connectivity index (χ1v) is 8.52. The lowest BCUT2D eigenvalue weighted by Gasteiger charge is -2.34. The number of piperidine rings is 1. The smallest absolute Gasteiger partial charge is 0.410 e. The number of amides is 1. The van der Waals surface area contributed by atoms with Crippen molar-refractivity contribution < 1.29 is 21.8 Å². The summed E-state index contributed by atoms with van der Waals surface area (Å²) in [4.78, 5) is 13.6. The van der Waals surface area contributed by atoms with Gasteiger partial charge in [-0.25, -0.2) is 4.79 Å². The fraction of sp³-hybridized carbons (Fsp3) is 0.923. The van der Waals surface area contributed by atoms with Gasteiger partial charge in [-0.3, -0.25) is 0 Å². The van der Waals surface area contributed by atoms with E-state index in [1.165, 1.54) is 0 Å². The molecule has 0 spiro atoms. The van der Waals surface area contributed by atoms with Crippen LogP contribution in [0.15, 0.2) is 0 Å². The third kappa shape index (κ3) is 7.07. The number of rotatable bonds is 4. The van der Waals surface area contributed by atoms with Gasteiger partial charge in [-0.1, -0.05) is 0 Å². The summed E-state index contributed by atoms with van der Waals surface area (Å²) in [5.41, 5.74) is -0.521. The molecule has 118 valence electrons. The van der Waals surface area contributed by atoms with Gasteiger partial charge < -0.3 is 9.64 Å². The van der Waals surface area contributed by atoms with Crippen LogP contribution in [0.25, 0.3) is 0 Å². The molecule has 0 aromatic rings. The highest BCUT2D eigenvalue weighted by Gasteiger charge is 2.27. The van der Waals surface area contributed by atoms with Gasteiger partial charge >= 0.3 is 16.3 Å². The second-order valence-corrected chi connectivity index (χ2v) is 7.81. The zero-order valence-electron chi connectivity index (χ0n) is 12.4. The van der Waals surface area contributed by atoms with Crippen LogP contribution in [0.5, 0.6) is 0 Å². The Morgan fingerprint density at radius 1 is 1.40 bits per heavy atom. The van der Waals surface area contributed by atoms with Gasteiger partial charge in [0.05, 0.1) is 5.75 Å². The third-order valence-corrected chi connectivity index (χ3v) is 3.95. The Morgan fingerprint density at radius 2 is 2.05 bits per heavy atom. The number of hydrogen-bond donors (Lipinski definition) is 0. The van der Waals surface area contributed by atoms with Gasteiger partial charge in [-0.2, -0.15) is 8.42 Å². The summed E-state index contributed by atoms with van der Waals surface area (Å²) < 4.78 is 38.6. The van der Waals surface area contributed by atoms with Gasteiger partial charge in [0, 0.05) is 13.1 Å². The van der Waals surface area contributed by atoms with E-state index in [1.54, 1.807) is 4.90 Å². The number of nitrogens with zero attached hydrogens (tertiary/aromatic N) is 1. The molecule has 7 heteroatoms. The number of ether oxygens (including phenoxy) is 1. The fourth-order valence-corrected chi connectivity index (χ4v) is 2.85. The van der Waals surface area contributed by atoms with Crippen LogP contribution in [0.4, 0.5) is 8.68 Å². The first-order chi connectivity index (χ1) is 9.07. The van der Waals surface area contributed by atoms with E-state index in [1.807, 2.05) is 20.8 Å². The second kappa shape index (κ2) is 6.74. The van der Waals surface area contributed by atoms with Crippen molar-refractivity contribution >= 4 is 16.3 Å². The Hall–Kier alpha value is -0.850. The summed E-state index contributed by atoms with van der Waals surface area (Å²) in [5, 5.41) is 0. The predicted octanol–water partition coefficient (Wildman–Crippen LogP) is 2.71. The van der Waals surface area contributed by atoms with Gasteiger partial charge in [-0.15, -0.1) is 3.89 Å². The van der Waals surface area contributed by atoms with E-state index in [-0.39, 0.29) is 12.0 Å². The molecule has 1 unspecified atom stereocenters. The van der Waals surface area contributed by atoms with Crippen molar-refractivity contribution in [2.45, 2.75) is 52.1 Å². The van der Waals surface area contributed by atoms with Crippen molar-refractivity contribution in [2.75, 3.05) is 18.8 Å². The minimum atomic E-state index is -4.38. The summed E-state index contributed by atoms with van der Waals surface area (Å²) in [6, 6.07) is 0. The summed E-state index contributed by atoms with van der Waals surface area (Å²) in [6.45, 7) is 6.67. The molecule has 1 aliphatic heterocycles. The van der Waals surface area contributed by atoms with Crippen LogP contribution in [0.2, 0.25) is 0 Å². The molecule has 20 heavy (non-hydrogen) atoms. The quantitative estimate of drug-likeness (QED) is 0.749. The van der Waals surface area contributed by atoms with E-state index in [9.17, 15) is 17.1 Å². The molecule has 0 aromatic carbocycles. The highest BCUT2D eigenvalue weighted by Crippen LogP contribution is 2.23. The van der Waals surface area contributed by atoms with Crippen molar-refractivity contribution in [3.05, 3.63) is 0 Å². The van der Waals surface area contributed by atoms with E-state index in [0.717, 1.165) is 12.8 Å². The van der Waals surface area contributed by atoms with Crippen LogP contribution in [-0.2, 0) is 15.0 Å². The van der Waals surface area contributed by atoms with E-state index in [4.69, 9.17) is 4.74 Å². The number of hydrogen-bond acceptors (Lipinski definition) is 4. The monoisotopic (exact) mass is 309 g/mol. The zero-order chi connectivity index (χ0) is 15.4. The number of carbonyl (C=O) groups excluding carboxylic acids is 1. The summed E-state index contributed by atoms with van der Waals surface area (Å²) in [5.74, 6) is -0.214. The van der Waals surface area contributed by atoms with Gasteiger partial charge in [-0.05, 0) is 52.4 Å². The summed E-state index contributed by atoms with van der Waals surface area (Å²) in [6.07, 6.45) is 2.38. The molecular formula is C13H24FNO4S. The zero-order valence-corrected chi connectivity index (χ0v) is 13.2. The van der Waals surface area contributed by atoms with E-state index >= 15 is 0 Å². The maximum absolute atomic E-state index is 12.4. The van der Waals surface area contributed by atoms with Crippen molar-refractivity contribution in [1.82, 2.24) is 4.90 Å². The lowest BCUT2D eigenvalue weighted by molar-refractivity contribution is 0.0161. The Labute approximate surface area is 120 Å². The molecule has 0 bridgehead atoms. The first-order valence-electron chi connectivity index (χ1n) is 6.97. The lowest BCUT2D eigenvalue weighted by Crippen LogP contribution is -2.42. The highest BCUT2D eigenvalue weighted by molar-refractivity contribution is 7.86. The van der Waals surface area contributed by atoms with Crippen molar-refractivity contribution in [2.24, 2.45) is 5.92 Å². The Kier molecular flexibility index (Phi) is 5.79. The molecule has 1 rings (SSSR count). The molecule has 1 fully saturated rings. The van der Waals surface area contributed by atoms with Crippen LogP contribution in [0, 0.1) is 5.92 Å². The van der Waals surface area contributed by atoms with Gasteiger partial charge in [0.15, 0.2) is 0 Å². The second-order valence-electron chi connectivity index (χ2n) is 6.32. The molecule has 1 aliphatic rings. The number of likely N-dealkylation sites (tertiary alicyclic amines) is 1. The molecule has 1 saturated heterocycles. The normalized spacial score (nSPS) is 20.8. The topological polar surface area (TPSA) is 63.7 Å². The number of halogens is 1. The average molecular weight is 309 g/mol. The Balaban J connectivity index is 2.40. The highest BCUT2D eigenvalue weighted by atomic mass is 32.3. The van der Waals surface area contributed by atoms with Crippen LogP contribution in [0.3, 0.4) is 0 Å². The maximum Gasteiger partial charge on any atom is 0.410 e. The van der Waals surface area contributed by atoms with Gasteiger partial charge in [0.25, 0.3) is 0 Å². The van der Waals surface area contributed by atoms with Crippen LogP contribution < -0.4 is 0 Å². The molecular weight excluding hydrogens is 285 g/mol. The van der Waals surface area contributed by atoms with Crippen LogP contribution in [0.1, 0.15) is 46.5 Å². The fourth-order valence-electron chi connectivity index (χ4n) is 2.34. The van der Waals surface area contributed by atoms with Crippen LogP contribution >= 0.6 is 0 Å². The molecule has 0 aliphatic carbocycles. The third-order valence-electron chi connectivity index (χ3n) is 3.17. The number of carbonyl (C=O) groups is 1. The van der Waals surface area contributed by atoms with Gasteiger partial charge in [0.2, 0.25) is 0 Å². The minimum Gasteiger partial charge on any atom is -0.444 e. The maximum atomic E-state index is 12.4. The summed E-state index contributed by atoms with van der Waals surface area (Å²) >= 11 is 0. The Morgan fingerprint density at radius 3 is 2.60 bits per heavy atom. The standard InChI is InChI=1S/C13H24FNO4S/c1-13(2,3)19-12(16)15-8-4-6-11(10-15)7-5-9-20(14,17)18/h11H,4-10H2,1-3H3. The van der Waals surface area contributed by atoms with Crippen molar-refractivity contribution in [1.29, 1.82) is 0 Å². The lowest BCUT2D eigenvalue weighted by atomic mass is 9.94. The molecule has 0 radical (unpaired) electrons. The molecule has 5 nitrogen and oxygen atoms in total. The first kappa shape index (κ1) is 17.2. The largest absolute Gasteiger partial charge is 0.444 e. The predicted molar refractivity (Wildman–Crippen MR) is 74.7 cm³/mol. The minimum absolute atomic E-state index is 0.220. The van der Waals surface area contributed by atoms with Crippen molar-refractivity contribution in [3.63, 3.8) is 0 Å². The Bertz CT molecular complexity index is 430. The van der Waals surface area contributed by atoms with Crippen molar-refractivity contribution in [3.8, 4) is 0 Å². The van der Waals surface area contributed by atoms with E-state index in [2.05, 4.69) is 0 Å². The molecule has 1 heterocycles. The summed E-state index contributed by atoms with van der Waals surface area (Å²) in [7, 11) is -4.38. The van der Waals surface area contributed by atoms with Gasteiger partial charge in [0.1, 0.15) is 5.60 Å². The van der Waals surface area contributed by atoms with E-state index < -0.39 is 21.6 Å². The van der Waals surface area contributed by atoms with E-state index in [0.29, 0.717) is 25.9 Å².